The highest BCUT2D eigenvalue weighted by atomic mass is 32.2. The molecule has 1 atom stereocenters. The molecular formula is C15H22N6O4S. The Kier molecular flexibility index (Phi) is 3.95. The van der Waals surface area contributed by atoms with E-state index in [9.17, 15) is 18.0 Å². The lowest BCUT2D eigenvalue weighted by atomic mass is 9.80. The normalized spacial score (nSPS) is 25.7. The number of nitrogens with zero attached hydrogens (tertiary/aromatic N) is 3. The zero-order valence-corrected chi connectivity index (χ0v) is 15.3. The molecule has 4 rings (SSSR count). The van der Waals surface area contributed by atoms with Gasteiger partial charge in [0.05, 0.1) is 23.8 Å². The summed E-state index contributed by atoms with van der Waals surface area (Å²) in [4.78, 5) is 33.1. The second-order valence-corrected chi connectivity index (χ2v) is 8.99. The molecule has 0 saturated carbocycles. The van der Waals surface area contributed by atoms with E-state index < -0.39 is 21.6 Å². The van der Waals surface area contributed by atoms with Crippen LogP contribution in [0.3, 0.4) is 0 Å². The zero-order chi connectivity index (χ0) is 18.5. The minimum absolute atomic E-state index is 0.137. The van der Waals surface area contributed by atoms with E-state index in [1.165, 1.54) is 6.26 Å². The average Bonchev–Trinajstić information content (AvgIpc) is 3.23. The Morgan fingerprint density at radius 3 is 2.65 bits per heavy atom. The number of piperidine rings is 1. The number of rotatable bonds is 2. The minimum Gasteiger partial charge on any atom is -0.348 e. The maximum atomic E-state index is 12.6. The van der Waals surface area contributed by atoms with Gasteiger partial charge in [0.2, 0.25) is 15.9 Å². The van der Waals surface area contributed by atoms with Gasteiger partial charge < -0.3 is 20.5 Å². The van der Waals surface area contributed by atoms with E-state index in [2.05, 4.69) is 20.6 Å². The van der Waals surface area contributed by atoms with Gasteiger partial charge in [0.15, 0.2) is 0 Å². The Hall–Kier alpha value is -2.14. The number of fused-ring (bicyclic) bond motifs is 2. The lowest BCUT2D eigenvalue weighted by molar-refractivity contribution is -0.135. The molecule has 1 aromatic rings. The molecule has 11 heteroatoms. The lowest BCUT2D eigenvalue weighted by Crippen LogP contribution is -2.59. The van der Waals surface area contributed by atoms with Gasteiger partial charge in [-0.2, -0.15) is 4.31 Å². The van der Waals surface area contributed by atoms with Crippen molar-refractivity contribution in [2.45, 2.75) is 30.8 Å². The van der Waals surface area contributed by atoms with Crippen LogP contribution in [-0.2, 0) is 26.8 Å². The van der Waals surface area contributed by atoms with Crippen LogP contribution in [0.25, 0.3) is 0 Å². The summed E-state index contributed by atoms with van der Waals surface area (Å²) in [6.45, 7) is 1.52. The predicted molar refractivity (Wildman–Crippen MR) is 91.7 cm³/mol. The number of imidazole rings is 1. The maximum Gasteiger partial charge on any atom is 0.315 e. The van der Waals surface area contributed by atoms with Crippen molar-refractivity contribution >= 4 is 22.0 Å². The fourth-order valence-electron chi connectivity index (χ4n) is 4.35. The molecule has 0 radical (unpaired) electrons. The number of nitrogens with one attached hydrogen (secondary N) is 3. The van der Waals surface area contributed by atoms with E-state index in [1.54, 1.807) is 15.5 Å². The first-order valence-corrected chi connectivity index (χ1v) is 10.5. The van der Waals surface area contributed by atoms with Gasteiger partial charge >= 0.3 is 6.03 Å². The highest BCUT2D eigenvalue weighted by molar-refractivity contribution is 7.88. The standard InChI is InChI=1S/C15H22N6O4S/c1-26(24,25)21-5-2-10-12(18-9-17-10)15(21)3-6-20(7-4-15)13(22)11-8-16-14(23)19-11/h9,11H,2-8H2,1H3,(H,17,18)(H2,16,19,23). The number of aromatic nitrogens is 2. The molecule has 1 aromatic heterocycles. The maximum absolute atomic E-state index is 12.6. The summed E-state index contributed by atoms with van der Waals surface area (Å²) in [7, 11) is -3.41. The van der Waals surface area contributed by atoms with Crippen LogP contribution in [0, 0.1) is 0 Å². The second kappa shape index (κ2) is 5.95. The van der Waals surface area contributed by atoms with E-state index in [4.69, 9.17) is 0 Å². The number of H-pyrrole nitrogens is 1. The first kappa shape index (κ1) is 17.3. The van der Waals surface area contributed by atoms with Gasteiger partial charge in [0.25, 0.3) is 0 Å². The zero-order valence-electron chi connectivity index (χ0n) is 14.5. The van der Waals surface area contributed by atoms with Crippen molar-refractivity contribution in [2.24, 2.45) is 0 Å². The van der Waals surface area contributed by atoms with Crippen molar-refractivity contribution < 1.29 is 18.0 Å². The van der Waals surface area contributed by atoms with Crippen LogP contribution in [0.4, 0.5) is 4.79 Å². The van der Waals surface area contributed by atoms with Gasteiger partial charge in [-0.25, -0.2) is 18.2 Å². The van der Waals surface area contributed by atoms with Crippen LogP contribution in [0.5, 0.6) is 0 Å². The number of urea groups is 1. The van der Waals surface area contributed by atoms with E-state index in [-0.39, 0.29) is 18.5 Å². The first-order chi connectivity index (χ1) is 12.3. The van der Waals surface area contributed by atoms with Crippen molar-refractivity contribution in [3.63, 3.8) is 0 Å². The van der Waals surface area contributed by atoms with Gasteiger partial charge in [-0.05, 0) is 12.8 Å². The van der Waals surface area contributed by atoms with Gasteiger partial charge in [0, 0.05) is 38.3 Å². The molecule has 0 aromatic carbocycles. The number of carbonyl (C=O) groups is 2. The predicted octanol–water partition coefficient (Wildman–Crippen LogP) is -1.27. The largest absolute Gasteiger partial charge is 0.348 e. The van der Waals surface area contributed by atoms with Gasteiger partial charge in [-0.3, -0.25) is 4.79 Å². The Morgan fingerprint density at radius 2 is 2.04 bits per heavy atom. The quantitative estimate of drug-likeness (QED) is 0.587. The summed E-state index contributed by atoms with van der Waals surface area (Å²) in [5.41, 5.74) is 1.03. The molecule has 10 nitrogen and oxygen atoms in total. The van der Waals surface area contributed by atoms with Crippen molar-refractivity contribution in [1.82, 2.24) is 29.8 Å². The molecule has 3 N–H and O–H groups in total. The second-order valence-electron chi connectivity index (χ2n) is 7.08. The van der Waals surface area contributed by atoms with E-state index in [0.717, 1.165) is 11.4 Å². The number of hydrogen-bond donors (Lipinski definition) is 3. The molecule has 0 aliphatic carbocycles. The third-order valence-corrected chi connectivity index (χ3v) is 6.91. The van der Waals surface area contributed by atoms with Crippen LogP contribution in [0.1, 0.15) is 24.2 Å². The molecule has 2 saturated heterocycles. The molecule has 2 fully saturated rings. The third-order valence-electron chi connectivity index (χ3n) is 5.57. The molecule has 4 heterocycles. The van der Waals surface area contributed by atoms with Crippen LogP contribution in [-0.4, -0.2) is 78.0 Å². The third kappa shape index (κ3) is 2.65. The van der Waals surface area contributed by atoms with Crippen molar-refractivity contribution in [3.8, 4) is 0 Å². The average molecular weight is 382 g/mol. The van der Waals surface area contributed by atoms with E-state index in [1.807, 2.05) is 0 Å². The van der Waals surface area contributed by atoms with E-state index >= 15 is 0 Å². The smallest absolute Gasteiger partial charge is 0.315 e. The fraction of sp³-hybridized carbons (Fsp3) is 0.667. The Balaban J connectivity index is 1.58. The molecule has 26 heavy (non-hydrogen) atoms. The summed E-state index contributed by atoms with van der Waals surface area (Å²) >= 11 is 0. The van der Waals surface area contributed by atoms with Crippen molar-refractivity contribution in [1.29, 1.82) is 0 Å². The summed E-state index contributed by atoms with van der Waals surface area (Å²) in [6.07, 6.45) is 4.40. The number of hydrogen-bond acceptors (Lipinski definition) is 5. The molecule has 0 bridgehead atoms. The molecule has 1 unspecified atom stereocenters. The minimum atomic E-state index is -3.41. The first-order valence-electron chi connectivity index (χ1n) is 8.65. The topological polar surface area (TPSA) is 128 Å². The van der Waals surface area contributed by atoms with Gasteiger partial charge in [0.1, 0.15) is 6.04 Å². The van der Waals surface area contributed by atoms with E-state index in [0.29, 0.717) is 38.9 Å². The van der Waals surface area contributed by atoms with Crippen molar-refractivity contribution in [3.05, 3.63) is 17.7 Å². The summed E-state index contributed by atoms with van der Waals surface area (Å²) < 4.78 is 26.4. The number of sulfonamides is 1. The van der Waals surface area contributed by atoms with Crippen LogP contribution in [0.2, 0.25) is 0 Å². The Morgan fingerprint density at radius 1 is 1.31 bits per heavy atom. The summed E-state index contributed by atoms with van der Waals surface area (Å²) in [6, 6.07) is -0.900. The Bertz CT molecular complexity index is 842. The molecule has 142 valence electrons. The Labute approximate surface area is 151 Å². The lowest BCUT2D eigenvalue weighted by Gasteiger charge is -2.49. The molecule has 3 amide bonds. The molecule has 3 aliphatic rings. The van der Waals surface area contributed by atoms with Crippen LogP contribution < -0.4 is 10.6 Å². The molecule has 3 aliphatic heterocycles. The number of carbonyl (C=O) groups excluding carboxylic acids is 2. The number of likely N-dealkylation sites (tertiary alicyclic amines) is 1. The molecular weight excluding hydrogens is 360 g/mol. The highest BCUT2D eigenvalue weighted by Gasteiger charge is 2.51. The van der Waals surface area contributed by atoms with Gasteiger partial charge in [-0.15, -0.1) is 0 Å². The fourth-order valence-corrected chi connectivity index (χ4v) is 5.68. The molecule has 1 spiro atoms. The number of aromatic amines is 1. The van der Waals surface area contributed by atoms with Crippen LogP contribution in [0.15, 0.2) is 6.33 Å². The SMILES string of the molecule is CS(=O)(=O)N1CCc2[nH]cnc2C12CCN(C(=O)C1CNC(=O)N1)CC2. The number of amides is 3. The highest BCUT2D eigenvalue weighted by Crippen LogP contribution is 2.43. The van der Waals surface area contributed by atoms with Gasteiger partial charge in [-0.1, -0.05) is 0 Å². The van der Waals surface area contributed by atoms with Crippen molar-refractivity contribution in [2.75, 3.05) is 32.4 Å². The monoisotopic (exact) mass is 382 g/mol. The summed E-state index contributed by atoms with van der Waals surface area (Å²) in [5.74, 6) is -0.137. The van der Waals surface area contributed by atoms with Crippen LogP contribution >= 0.6 is 0 Å². The summed E-state index contributed by atoms with van der Waals surface area (Å²) in [5, 5.41) is 5.19.